The zero-order chi connectivity index (χ0) is 13.0. The van der Waals surface area contributed by atoms with Crippen molar-refractivity contribution < 1.29 is 18.7 Å². The van der Waals surface area contributed by atoms with Crippen LogP contribution in [0.1, 0.15) is 23.2 Å². The lowest BCUT2D eigenvalue weighted by Crippen LogP contribution is -2.07. The lowest BCUT2D eigenvalue weighted by molar-refractivity contribution is -0.140. The Kier molecular flexibility index (Phi) is 4.90. The zero-order valence-corrected chi connectivity index (χ0v) is 10.4. The van der Waals surface area contributed by atoms with Gasteiger partial charge in [-0.25, -0.2) is 4.39 Å². The summed E-state index contributed by atoms with van der Waals surface area (Å²) in [6, 6.07) is 2.29. The maximum atomic E-state index is 13.2. The molecule has 0 heterocycles. The molecule has 0 aliphatic carbocycles. The van der Waals surface area contributed by atoms with Crippen LogP contribution in [0.3, 0.4) is 0 Å². The van der Waals surface area contributed by atoms with Crippen molar-refractivity contribution >= 4 is 35.0 Å². The van der Waals surface area contributed by atoms with Crippen LogP contribution < -0.4 is 0 Å². The molecule has 3 nitrogen and oxygen atoms in total. The highest BCUT2D eigenvalue weighted by atomic mass is 35.5. The van der Waals surface area contributed by atoms with E-state index >= 15 is 0 Å². The van der Waals surface area contributed by atoms with Crippen LogP contribution >= 0.6 is 23.2 Å². The van der Waals surface area contributed by atoms with Gasteiger partial charge in [-0.2, -0.15) is 0 Å². The molecule has 0 aromatic heterocycles. The summed E-state index contributed by atoms with van der Waals surface area (Å²) in [5.41, 5.74) is -0.0273. The largest absolute Gasteiger partial charge is 0.469 e. The van der Waals surface area contributed by atoms with Gasteiger partial charge in [-0.3, -0.25) is 9.59 Å². The van der Waals surface area contributed by atoms with E-state index in [1.54, 1.807) is 0 Å². The number of carbonyl (C=O) groups is 2. The predicted octanol–water partition coefficient (Wildman–Crippen LogP) is 3.27. The van der Waals surface area contributed by atoms with Crippen molar-refractivity contribution in [3.05, 3.63) is 33.6 Å². The first kappa shape index (κ1) is 13.9. The second-order valence-corrected chi connectivity index (χ2v) is 4.06. The van der Waals surface area contributed by atoms with Crippen molar-refractivity contribution in [2.24, 2.45) is 0 Å². The van der Waals surface area contributed by atoms with Crippen LogP contribution in [0.5, 0.6) is 0 Å². The molecule has 92 valence electrons. The Balaban J connectivity index is 2.86. The van der Waals surface area contributed by atoms with Gasteiger partial charge in [0.25, 0.3) is 0 Å². The van der Waals surface area contributed by atoms with E-state index in [-0.39, 0.29) is 28.5 Å². The van der Waals surface area contributed by atoms with E-state index in [9.17, 15) is 14.0 Å². The summed E-state index contributed by atoms with van der Waals surface area (Å²) in [6.07, 6.45) is -0.189. The van der Waals surface area contributed by atoms with Gasteiger partial charge in [0.05, 0.1) is 18.6 Å². The molecule has 0 saturated carbocycles. The molecule has 0 aliphatic heterocycles. The third-order valence-electron chi connectivity index (χ3n) is 2.08. The summed E-state index contributed by atoms with van der Waals surface area (Å²) in [4.78, 5) is 22.5. The molecule has 1 aromatic carbocycles. The van der Waals surface area contributed by atoms with Crippen LogP contribution in [-0.4, -0.2) is 18.9 Å². The van der Waals surface area contributed by atoms with Crippen molar-refractivity contribution in [2.45, 2.75) is 12.8 Å². The van der Waals surface area contributed by atoms with Crippen molar-refractivity contribution in [1.82, 2.24) is 0 Å². The minimum atomic E-state index is -0.763. The van der Waals surface area contributed by atoms with Gasteiger partial charge in [0, 0.05) is 17.0 Å². The Labute approximate surface area is 107 Å². The number of ketones is 1. The third-order valence-corrected chi connectivity index (χ3v) is 2.68. The van der Waals surface area contributed by atoms with Crippen LogP contribution in [0.4, 0.5) is 4.39 Å². The van der Waals surface area contributed by atoms with E-state index in [0.717, 1.165) is 6.07 Å². The summed E-state index contributed by atoms with van der Waals surface area (Å²) < 4.78 is 17.6. The van der Waals surface area contributed by atoms with Crippen LogP contribution in [-0.2, 0) is 9.53 Å². The number of methoxy groups -OCH3 is 1. The zero-order valence-electron chi connectivity index (χ0n) is 8.93. The molecule has 1 rings (SSSR count). The number of halogens is 3. The van der Waals surface area contributed by atoms with E-state index in [1.807, 2.05) is 0 Å². The van der Waals surface area contributed by atoms with Gasteiger partial charge in [0.1, 0.15) is 5.82 Å². The maximum Gasteiger partial charge on any atom is 0.305 e. The number of carbonyl (C=O) groups excluding carboxylic acids is 2. The summed E-state index contributed by atoms with van der Waals surface area (Å²) >= 11 is 11.3. The molecular formula is C11H9Cl2FO3. The van der Waals surface area contributed by atoms with Gasteiger partial charge >= 0.3 is 5.97 Å². The number of benzene rings is 1. The minimum Gasteiger partial charge on any atom is -0.469 e. The van der Waals surface area contributed by atoms with Crippen molar-refractivity contribution in [3.63, 3.8) is 0 Å². The number of ether oxygens (including phenoxy) is 1. The van der Waals surface area contributed by atoms with Crippen LogP contribution in [0, 0.1) is 5.82 Å². The molecule has 0 bridgehead atoms. The lowest BCUT2D eigenvalue weighted by atomic mass is 10.1. The van der Waals surface area contributed by atoms with Crippen molar-refractivity contribution in [2.75, 3.05) is 7.11 Å². The van der Waals surface area contributed by atoms with Gasteiger partial charge in [0.2, 0.25) is 0 Å². The third kappa shape index (κ3) is 3.68. The molecule has 17 heavy (non-hydrogen) atoms. The number of hydrogen-bond acceptors (Lipinski definition) is 3. The second-order valence-electron chi connectivity index (χ2n) is 3.25. The average Bonchev–Trinajstić information content (AvgIpc) is 2.30. The van der Waals surface area contributed by atoms with E-state index in [0.29, 0.717) is 0 Å². The lowest BCUT2D eigenvalue weighted by Gasteiger charge is -2.05. The molecule has 0 atom stereocenters. The first-order valence-electron chi connectivity index (χ1n) is 4.70. The molecule has 1 aromatic rings. The van der Waals surface area contributed by atoms with Gasteiger partial charge in [-0.05, 0) is 12.1 Å². The van der Waals surface area contributed by atoms with Crippen LogP contribution in [0.15, 0.2) is 12.1 Å². The molecule has 0 radical (unpaired) electrons. The van der Waals surface area contributed by atoms with Crippen LogP contribution in [0.25, 0.3) is 0 Å². The molecule has 6 heteroatoms. The summed E-state index contributed by atoms with van der Waals surface area (Å²) in [5, 5.41) is -0.211. The highest BCUT2D eigenvalue weighted by Crippen LogP contribution is 2.26. The fraction of sp³-hybridized carbons (Fsp3) is 0.273. The fourth-order valence-corrected chi connectivity index (χ4v) is 1.63. The molecule has 0 unspecified atom stereocenters. The second kappa shape index (κ2) is 5.98. The molecule has 0 fully saturated rings. The van der Waals surface area contributed by atoms with Gasteiger partial charge in [0.15, 0.2) is 5.78 Å². The Hall–Kier alpha value is -1.13. The van der Waals surface area contributed by atoms with E-state index in [4.69, 9.17) is 23.2 Å². The minimum absolute atomic E-state index is 0.0273. The Morgan fingerprint density at radius 3 is 2.53 bits per heavy atom. The van der Waals surface area contributed by atoms with Crippen LogP contribution in [0.2, 0.25) is 10.0 Å². The molecule has 0 amide bonds. The number of Topliss-reactive ketones (excluding diaryl/α,β-unsaturated/α-hetero) is 1. The number of rotatable bonds is 4. The van der Waals surface area contributed by atoms with Gasteiger partial charge in [-0.15, -0.1) is 0 Å². The smallest absolute Gasteiger partial charge is 0.305 e. The summed E-state index contributed by atoms with van der Waals surface area (Å²) in [7, 11) is 1.22. The number of hydrogen-bond donors (Lipinski definition) is 0. The highest BCUT2D eigenvalue weighted by Gasteiger charge is 2.16. The van der Waals surface area contributed by atoms with Gasteiger partial charge < -0.3 is 4.74 Å². The first-order valence-corrected chi connectivity index (χ1v) is 5.46. The van der Waals surface area contributed by atoms with E-state index < -0.39 is 17.6 Å². The Morgan fingerprint density at radius 1 is 1.29 bits per heavy atom. The maximum absolute atomic E-state index is 13.2. The SMILES string of the molecule is COC(=O)CCC(=O)c1cc(Cl)cc(F)c1Cl. The summed E-state index contributed by atoms with van der Waals surface area (Å²) in [5.74, 6) is -1.74. The average molecular weight is 279 g/mol. The normalized spacial score (nSPS) is 10.1. The summed E-state index contributed by atoms with van der Waals surface area (Å²) in [6.45, 7) is 0. The van der Waals surface area contributed by atoms with E-state index in [1.165, 1.54) is 13.2 Å². The quantitative estimate of drug-likeness (QED) is 0.482. The molecule has 0 N–H and O–H groups in total. The molecule has 0 spiro atoms. The monoisotopic (exact) mass is 278 g/mol. The predicted molar refractivity (Wildman–Crippen MR) is 62.0 cm³/mol. The molecular weight excluding hydrogens is 270 g/mol. The first-order chi connectivity index (χ1) is 7.95. The Bertz CT molecular complexity index is 460. The molecule has 0 saturated heterocycles. The molecule has 0 aliphatic rings. The van der Waals surface area contributed by atoms with Gasteiger partial charge in [-0.1, -0.05) is 23.2 Å². The fourth-order valence-electron chi connectivity index (χ4n) is 1.21. The van der Waals surface area contributed by atoms with Crippen molar-refractivity contribution in [3.8, 4) is 0 Å². The topological polar surface area (TPSA) is 43.4 Å². The Morgan fingerprint density at radius 2 is 1.94 bits per heavy atom. The standard InChI is InChI=1S/C11H9Cl2FO3/c1-17-10(16)3-2-9(15)7-4-6(12)5-8(14)11(7)13/h4-5H,2-3H2,1H3. The highest BCUT2D eigenvalue weighted by molar-refractivity contribution is 6.36. The number of esters is 1. The van der Waals surface area contributed by atoms with Crippen molar-refractivity contribution in [1.29, 1.82) is 0 Å². The van der Waals surface area contributed by atoms with E-state index in [2.05, 4.69) is 4.74 Å².